The number of aliphatic hydroxyl groups is 1. The van der Waals surface area contributed by atoms with Crippen molar-refractivity contribution in [2.75, 3.05) is 6.61 Å². The molecule has 1 aliphatic rings. The van der Waals surface area contributed by atoms with Crippen LogP contribution < -0.4 is 4.74 Å². The van der Waals surface area contributed by atoms with Gasteiger partial charge in [-0.3, -0.25) is 4.79 Å². The minimum Gasteiger partial charge on any atom is -0.490 e. The van der Waals surface area contributed by atoms with Crippen LogP contribution in [0.2, 0.25) is 0 Å². The van der Waals surface area contributed by atoms with Crippen molar-refractivity contribution < 1.29 is 19.4 Å². The van der Waals surface area contributed by atoms with Gasteiger partial charge in [0.15, 0.2) is 0 Å². The first-order valence-electron chi connectivity index (χ1n) is 9.35. The highest BCUT2D eigenvalue weighted by Gasteiger charge is 2.35. The largest absolute Gasteiger partial charge is 0.490 e. The van der Waals surface area contributed by atoms with Crippen molar-refractivity contribution in [1.82, 2.24) is 0 Å². The normalized spacial score (nSPS) is 22.6. The standard InChI is InChI=1S/C23H26O4/c1-23(25)16-21(27-22(24)17-23)14-11-19-9-12-20(13-10-19)26-15-5-8-18-6-3-2-4-7-18/h2-10,12-13,21,25H,11,14-17H2,1H3. The number of esters is 1. The van der Waals surface area contributed by atoms with Crippen LogP contribution in [0.1, 0.15) is 37.3 Å². The number of rotatable bonds is 7. The van der Waals surface area contributed by atoms with Gasteiger partial charge in [0, 0.05) is 6.42 Å². The third kappa shape index (κ3) is 6.26. The van der Waals surface area contributed by atoms with E-state index in [9.17, 15) is 9.90 Å². The average Bonchev–Trinajstić information content (AvgIpc) is 2.64. The zero-order valence-corrected chi connectivity index (χ0v) is 15.6. The molecule has 142 valence electrons. The number of cyclic esters (lactones) is 1. The summed E-state index contributed by atoms with van der Waals surface area (Å²) in [5.41, 5.74) is 1.35. The van der Waals surface area contributed by atoms with E-state index in [1.807, 2.05) is 66.7 Å². The quantitative estimate of drug-likeness (QED) is 0.748. The molecule has 2 aromatic rings. The summed E-state index contributed by atoms with van der Waals surface area (Å²) in [6.07, 6.45) is 5.88. The Balaban J connectivity index is 1.43. The Hall–Kier alpha value is -2.59. The molecule has 2 unspecified atom stereocenters. The molecule has 0 amide bonds. The Morgan fingerprint density at radius 1 is 1.19 bits per heavy atom. The van der Waals surface area contributed by atoms with Crippen LogP contribution in [-0.2, 0) is 16.0 Å². The van der Waals surface area contributed by atoms with Crippen LogP contribution in [-0.4, -0.2) is 29.4 Å². The SMILES string of the molecule is CC1(O)CC(=O)OC(CCc2ccc(OCC=Cc3ccccc3)cc2)C1. The molecule has 27 heavy (non-hydrogen) atoms. The van der Waals surface area contributed by atoms with Gasteiger partial charge in [-0.25, -0.2) is 0 Å². The molecular weight excluding hydrogens is 340 g/mol. The van der Waals surface area contributed by atoms with E-state index in [1.165, 1.54) is 0 Å². The van der Waals surface area contributed by atoms with Crippen molar-refractivity contribution in [3.8, 4) is 5.75 Å². The first-order chi connectivity index (χ1) is 13.0. The van der Waals surface area contributed by atoms with E-state index in [0.717, 1.165) is 23.3 Å². The van der Waals surface area contributed by atoms with E-state index >= 15 is 0 Å². The van der Waals surface area contributed by atoms with Gasteiger partial charge in [0.25, 0.3) is 0 Å². The lowest BCUT2D eigenvalue weighted by Gasteiger charge is -2.33. The highest BCUT2D eigenvalue weighted by Crippen LogP contribution is 2.27. The molecule has 2 aromatic carbocycles. The fraction of sp³-hybridized carbons (Fsp3) is 0.348. The van der Waals surface area contributed by atoms with Crippen molar-refractivity contribution >= 4 is 12.0 Å². The van der Waals surface area contributed by atoms with Crippen molar-refractivity contribution in [2.45, 2.75) is 44.3 Å². The summed E-state index contributed by atoms with van der Waals surface area (Å²) < 4.78 is 11.1. The van der Waals surface area contributed by atoms with Gasteiger partial charge in [0.2, 0.25) is 0 Å². The van der Waals surface area contributed by atoms with Gasteiger partial charge in [-0.2, -0.15) is 0 Å². The molecule has 1 N–H and O–H groups in total. The van der Waals surface area contributed by atoms with Crippen LogP contribution in [0.15, 0.2) is 60.7 Å². The molecule has 0 spiro atoms. The Morgan fingerprint density at radius 2 is 1.93 bits per heavy atom. The zero-order valence-electron chi connectivity index (χ0n) is 15.6. The van der Waals surface area contributed by atoms with Crippen molar-refractivity contribution in [3.63, 3.8) is 0 Å². The zero-order chi connectivity index (χ0) is 19.1. The molecule has 0 radical (unpaired) electrons. The van der Waals surface area contributed by atoms with Gasteiger partial charge in [-0.05, 0) is 49.1 Å². The highest BCUT2D eigenvalue weighted by atomic mass is 16.5. The maximum atomic E-state index is 11.6. The minimum absolute atomic E-state index is 0.0776. The van der Waals surface area contributed by atoms with Crippen LogP contribution >= 0.6 is 0 Å². The number of carbonyl (C=O) groups excluding carboxylic acids is 1. The van der Waals surface area contributed by atoms with Gasteiger partial charge in [-0.15, -0.1) is 0 Å². The van der Waals surface area contributed by atoms with Crippen molar-refractivity contribution in [3.05, 3.63) is 71.8 Å². The van der Waals surface area contributed by atoms with Gasteiger partial charge in [0.1, 0.15) is 18.5 Å². The molecule has 2 atom stereocenters. The summed E-state index contributed by atoms with van der Waals surface area (Å²) in [5.74, 6) is 0.507. The van der Waals surface area contributed by atoms with Gasteiger partial charge < -0.3 is 14.6 Å². The third-order valence-electron chi connectivity index (χ3n) is 4.63. The third-order valence-corrected chi connectivity index (χ3v) is 4.63. The molecule has 0 aliphatic carbocycles. The van der Waals surface area contributed by atoms with Crippen LogP contribution in [0.5, 0.6) is 5.75 Å². The molecule has 1 heterocycles. The maximum Gasteiger partial charge on any atom is 0.308 e. The first-order valence-corrected chi connectivity index (χ1v) is 9.35. The first kappa shape index (κ1) is 19.2. The van der Waals surface area contributed by atoms with Crippen molar-refractivity contribution in [2.24, 2.45) is 0 Å². The van der Waals surface area contributed by atoms with Crippen LogP contribution in [0.4, 0.5) is 0 Å². The lowest BCUT2D eigenvalue weighted by Crippen LogP contribution is -2.41. The fourth-order valence-corrected chi connectivity index (χ4v) is 3.28. The number of hydrogen-bond donors (Lipinski definition) is 1. The minimum atomic E-state index is -0.953. The Labute approximate surface area is 160 Å². The molecule has 1 saturated heterocycles. The lowest BCUT2D eigenvalue weighted by atomic mass is 9.89. The average molecular weight is 366 g/mol. The maximum absolute atomic E-state index is 11.6. The molecule has 4 heteroatoms. The predicted octanol–water partition coefficient (Wildman–Crippen LogP) is 4.17. The molecule has 1 aliphatic heterocycles. The monoisotopic (exact) mass is 366 g/mol. The highest BCUT2D eigenvalue weighted by molar-refractivity contribution is 5.71. The van der Waals surface area contributed by atoms with Crippen molar-refractivity contribution in [1.29, 1.82) is 0 Å². The molecule has 1 fully saturated rings. The predicted molar refractivity (Wildman–Crippen MR) is 105 cm³/mol. The Kier molecular flexibility index (Phi) is 6.30. The van der Waals surface area contributed by atoms with E-state index in [2.05, 4.69) is 0 Å². The molecule has 3 rings (SSSR count). The van der Waals surface area contributed by atoms with Crippen LogP contribution in [0.3, 0.4) is 0 Å². The molecule has 0 aromatic heterocycles. The molecule has 0 bridgehead atoms. The number of ether oxygens (including phenoxy) is 2. The number of carbonyl (C=O) groups is 1. The van der Waals surface area contributed by atoms with E-state index in [4.69, 9.17) is 9.47 Å². The topological polar surface area (TPSA) is 55.8 Å². The van der Waals surface area contributed by atoms with Crippen LogP contribution in [0, 0.1) is 0 Å². The second-order valence-corrected chi connectivity index (χ2v) is 7.30. The van der Waals surface area contributed by atoms with E-state index in [1.54, 1.807) is 6.92 Å². The van der Waals surface area contributed by atoms with Crippen LogP contribution in [0.25, 0.3) is 6.08 Å². The van der Waals surface area contributed by atoms with E-state index in [-0.39, 0.29) is 18.5 Å². The van der Waals surface area contributed by atoms with E-state index in [0.29, 0.717) is 19.4 Å². The second kappa shape index (κ2) is 8.87. The van der Waals surface area contributed by atoms with Gasteiger partial charge in [-0.1, -0.05) is 48.5 Å². The fourth-order valence-electron chi connectivity index (χ4n) is 3.28. The Bertz CT molecular complexity index is 763. The number of aryl methyl sites for hydroxylation is 1. The second-order valence-electron chi connectivity index (χ2n) is 7.30. The van der Waals surface area contributed by atoms with Gasteiger partial charge in [0.05, 0.1) is 12.0 Å². The summed E-state index contributed by atoms with van der Waals surface area (Å²) in [6, 6.07) is 18.1. The number of benzene rings is 2. The number of hydrogen-bond acceptors (Lipinski definition) is 4. The lowest BCUT2D eigenvalue weighted by molar-refractivity contribution is -0.168. The molecule has 4 nitrogen and oxygen atoms in total. The summed E-state index contributed by atoms with van der Waals surface area (Å²) >= 11 is 0. The summed E-state index contributed by atoms with van der Waals surface area (Å²) in [5, 5.41) is 10.1. The van der Waals surface area contributed by atoms with E-state index < -0.39 is 5.60 Å². The summed E-state index contributed by atoms with van der Waals surface area (Å²) in [6.45, 7) is 2.21. The van der Waals surface area contributed by atoms with Gasteiger partial charge >= 0.3 is 5.97 Å². The molecule has 0 saturated carbocycles. The Morgan fingerprint density at radius 3 is 2.63 bits per heavy atom. The summed E-state index contributed by atoms with van der Waals surface area (Å²) in [4.78, 5) is 11.6. The summed E-state index contributed by atoms with van der Waals surface area (Å²) in [7, 11) is 0. The molecular formula is C23H26O4. The smallest absolute Gasteiger partial charge is 0.308 e.